The van der Waals surface area contributed by atoms with E-state index >= 15 is 0 Å². The Morgan fingerprint density at radius 2 is 1.91 bits per heavy atom. The van der Waals surface area contributed by atoms with Gasteiger partial charge in [-0.25, -0.2) is 4.98 Å². The summed E-state index contributed by atoms with van der Waals surface area (Å²) in [5.74, 6) is 0.602. The summed E-state index contributed by atoms with van der Waals surface area (Å²) < 4.78 is 0. The van der Waals surface area contributed by atoms with Gasteiger partial charge in [-0.1, -0.05) is 13.8 Å². The molecule has 3 heterocycles. The van der Waals surface area contributed by atoms with Gasteiger partial charge in [0.25, 0.3) is 5.91 Å². The summed E-state index contributed by atoms with van der Waals surface area (Å²) in [6.45, 7) is 8.32. The Kier molecular flexibility index (Phi) is 4.55. The molecule has 0 saturated carbocycles. The van der Waals surface area contributed by atoms with Gasteiger partial charge < -0.3 is 9.80 Å². The van der Waals surface area contributed by atoms with Crippen molar-refractivity contribution in [2.45, 2.75) is 64.5 Å². The number of likely N-dealkylation sites (N-methyl/N-ethyl adjacent to an activating group) is 1. The molecule has 4 nitrogen and oxygen atoms in total. The van der Waals surface area contributed by atoms with Crippen LogP contribution in [0.2, 0.25) is 0 Å². The smallest absolute Gasteiger partial charge is 0.266 e. The zero-order valence-electron chi connectivity index (χ0n) is 14.1. The van der Waals surface area contributed by atoms with Gasteiger partial charge in [0.2, 0.25) is 0 Å². The van der Waals surface area contributed by atoms with Crippen LogP contribution in [0.5, 0.6) is 0 Å². The fourth-order valence-electron chi connectivity index (χ4n) is 3.86. The first kappa shape index (κ1) is 15.9. The first-order chi connectivity index (χ1) is 10.5. The lowest BCUT2D eigenvalue weighted by atomic mass is 10.0. The number of amides is 1. The third kappa shape index (κ3) is 2.81. The molecule has 22 heavy (non-hydrogen) atoms. The van der Waals surface area contributed by atoms with E-state index in [2.05, 4.69) is 35.7 Å². The SMILES string of the molecule is Cc1nc(C(C)C)sc1C(=O)N1CCC[C@H]1[C@@H]1CCCN1C. The van der Waals surface area contributed by atoms with Crippen LogP contribution in [-0.2, 0) is 0 Å². The average molecular weight is 321 g/mol. The molecule has 0 radical (unpaired) electrons. The number of carbonyl (C=O) groups excluding carboxylic acids is 1. The highest BCUT2D eigenvalue weighted by molar-refractivity contribution is 7.13. The van der Waals surface area contributed by atoms with Crippen molar-refractivity contribution in [2.24, 2.45) is 0 Å². The van der Waals surface area contributed by atoms with E-state index in [0.29, 0.717) is 18.0 Å². The minimum atomic E-state index is 0.213. The zero-order valence-corrected chi connectivity index (χ0v) is 14.9. The second-order valence-corrected chi connectivity index (χ2v) is 8.05. The zero-order chi connectivity index (χ0) is 15.9. The highest BCUT2D eigenvalue weighted by Crippen LogP contribution is 2.32. The number of aromatic nitrogens is 1. The van der Waals surface area contributed by atoms with Gasteiger partial charge in [0.1, 0.15) is 4.88 Å². The normalized spacial score (nSPS) is 26.3. The van der Waals surface area contributed by atoms with E-state index < -0.39 is 0 Å². The highest BCUT2D eigenvalue weighted by atomic mass is 32.1. The van der Waals surface area contributed by atoms with Gasteiger partial charge in [0.05, 0.1) is 10.7 Å². The van der Waals surface area contributed by atoms with Crippen molar-refractivity contribution in [3.8, 4) is 0 Å². The molecule has 2 fully saturated rings. The Morgan fingerprint density at radius 3 is 2.50 bits per heavy atom. The number of likely N-dealkylation sites (tertiary alicyclic amines) is 2. The average Bonchev–Trinajstić information content (AvgIpc) is 3.16. The summed E-state index contributed by atoms with van der Waals surface area (Å²) in [6.07, 6.45) is 4.77. The number of rotatable bonds is 3. The number of hydrogen-bond donors (Lipinski definition) is 0. The standard InChI is InChI=1S/C17H27N3OS/c1-11(2)16-18-12(3)15(22-16)17(21)20-10-6-8-14(20)13-7-5-9-19(13)4/h11,13-14H,5-10H2,1-4H3/t13-,14-/m0/s1. The second-order valence-electron chi connectivity index (χ2n) is 7.02. The fraction of sp³-hybridized carbons (Fsp3) is 0.765. The molecule has 1 aromatic rings. The van der Waals surface area contributed by atoms with Gasteiger partial charge in [-0.2, -0.15) is 0 Å². The second kappa shape index (κ2) is 6.28. The van der Waals surface area contributed by atoms with Gasteiger partial charge in [0.15, 0.2) is 0 Å². The van der Waals surface area contributed by atoms with Crippen molar-refractivity contribution in [3.05, 3.63) is 15.6 Å². The topological polar surface area (TPSA) is 36.4 Å². The molecule has 0 aromatic carbocycles. The third-order valence-electron chi connectivity index (χ3n) is 5.08. The van der Waals surface area contributed by atoms with Crippen LogP contribution < -0.4 is 0 Å². The lowest BCUT2D eigenvalue weighted by Gasteiger charge is -2.33. The van der Waals surface area contributed by atoms with Crippen LogP contribution in [0.15, 0.2) is 0 Å². The van der Waals surface area contributed by atoms with Crippen LogP contribution in [0.4, 0.5) is 0 Å². The molecule has 122 valence electrons. The van der Waals surface area contributed by atoms with Gasteiger partial charge in [-0.3, -0.25) is 4.79 Å². The van der Waals surface area contributed by atoms with Crippen LogP contribution in [0.1, 0.15) is 65.8 Å². The summed E-state index contributed by atoms with van der Waals surface area (Å²) in [4.78, 5) is 23.1. The molecule has 2 aliphatic rings. The molecule has 0 spiro atoms. The predicted octanol–water partition coefficient (Wildman–Crippen LogP) is 3.27. The van der Waals surface area contributed by atoms with Crippen LogP contribution in [0, 0.1) is 6.92 Å². The van der Waals surface area contributed by atoms with E-state index in [-0.39, 0.29) is 5.91 Å². The van der Waals surface area contributed by atoms with Crippen molar-refractivity contribution >= 4 is 17.2 Å². The Morgan fingerprint density at radius 1 is 1.23 bits per heavy atom. The maximum absolute atomic E-state index is 13.1. The summed E-state index contributed by atoms with van der Waals surface area (Å²) in [7, 11) is 2.20. The molecule has 1 amide bonds. The number of thiazole rings is 1. The predicted molar refractivity (Wildman–Crippen MR) is 90.7 cm³/mol. The quantitative estimate of drug-likeness (QED) is 0.857. The first-order valence-corrected chi connectivity index (χ1v) is 9.29. The number of aryl methyl sites for hydroxylation is 1. The summed E-state index contributed by atoms with van der Waals surface area (Å²) in [5, 5.41) is 1.08. The Labute approximate surface area is 137 Å². The van der Waals surface area contributed by atoms with Crippen LogP contribution in [-0.4, -0.2) is 52.9 Å². The molecule has 0 bridgehead atoms. The minimum Gasteiger partial charge on any atom is -0.333 e. The van der Waals surface area contributed by atoms with Crippen molar-refractivity contribution in [1.29, 1.82) is 0 Å². The fourth-order valence-corrected chi connectivity index (χ4v) is 4.89. The molecule has 2 aliphatic heterocycles. The molecule has 3 rings (SSSR count). The van der Waals surface area contributed by atoms with E-state index in [9.17, 15) is 4.79 Å². The molecular weight excluding hydrogens is 294 g/mol. The molecule has 0 unspecified atom stereocenters. The lowest BCUT2D eigenvalue weighted by Crippen LogP contribution is -2.47. The van der Waals surface area contributed by atoms with Gasteiger partial charge in [0, 0.05) is 24.5 Å². The maximum atomic E-state index is 13.1. The van der Waals surface area contributed by atoms with Crippen molar-refractivity contribution in [1.82, 2.24) is 14.8 Å². The van der Waals surface area contributed by atoms with Crippen molar-refractivity contribution in [3.63, 3.8) is 0 Å². The molecule has 1 aromatic heterocycles. The molecule has 0 aliphatic carbocycles. The van der Waals surface area contributed by atoms with E-state index in [1.165, 1.54) is 19.4 Å². The number of hydrogen-bond acceptors (Lipinski definition) is 4. The first-order valence-electron chi connectivity index (χ1n) is 8.47. The van der Waals surface area contributed by atoms with Crippen LogP contribution in [0.25, 0.3) is 0 Å². The van der Waals surface area contributed by atoms with Crippen LogP contribution >= 0.6 is 11.3 Å². The van der Waals surface area contributed by atoms with Gasteiger partial charge in [-0.15, -0.1) is 11.3 Å². The van der Waals surface area contributed by atoms with E-state index in [1.807, 2.05) is 6.92 Å². The Bertz CT molecular complexity index is 554. The molecule has 0 N–H and O–H groups in total. The maximum Gasteiger partial charge on any atom is 0.266 e. The van der Waals surface area contributed by atoms with E-state index in [1.54, 1.807) is 11.3 Å². The Hall–Kier alpha value is -0.940. The minimum absolute atomic E-state index is 0.213. The van der Waals surface area contributed by atoms with E-state index in [0.717, 1.165) is 35.0 Å². The van der Waals surface area contributed by atoms with Crippen LogP contribution in [0.3, 0.4) is 0 Å². The Balaban J connectivity index is 1.81. The van der Waals surface area contributed by atoms with Crippen molar-refractivity contribution in [2.75, 3.05) is 20.1 Å². The van der Waals surface area contributed by atoms with Gasteiger partial charge in [-0.05, 0) is 46.2 Å². The highest BCUT2D eigenvalue weighted by Gasteiger charge is 2.39. The molecule has 2 atom stereocenters. The molecule has 2 saturated heterocycles. The third-order valence-corrected chi connectivity index (χ3v) is 6.53. The molecular formula is C17H27N3OS. The van der Waals surface area contributed by atoms with Crippen molar-refractivity contribution < 1.29 is 4.79 Å². The molecule has 5 heteroatoms. The number of nitrogens with zero attached hydrogens (tertiary/aromatic N) is 3. The summed E-state index contributed by atoms with van der Waals surface area (Å²) >= 11 is 1.59. The van der Waals surface area contributed by atoms with Gasteiger partial charge >= 0.3 is 0 Å². The van der Waals surface area contributed by atoms with E-state index in [4.69, 9.17) is 0 Å². The monoisotopic (exact) mass is 321 g/mol. The largest absolute Gasteiger partial charge is 0.333 e. The summed E-state index contributed by atoms with van der Waals surface area (Å²) in [5.41, 5.74) is 0.907. The summed E-state index contributed by atoms with van der Waals surface area (Å²) in [6, 6.07) is 0.938. The number of carbonyl (C=O) groups is 1. The lowest BCUT2D eigenvalue weighted by molar-refractivity contribution is 0.0668.